The second kappa shape index (κ2) is 7.29. The van der Waals surface area contributed by atoms with Gasteiger partial charge in [-0.15, -0.1) is 0 Å². The van der Waals surface area contributed by atoms with Crippen molar-refractivity contribution in [3.8, 4) is 0 Å². The summed E-state index contributed by atoms with van der Waals surface area (Å²) in [5, 5.41) is 6.33. The number of hydrogen-bond donors (Lipinski definition) is 2. The third kappa shape index (κ3) is 4.53. The fraction of sp³-hybridized carbons (Fsp3) is 0.562. The molecule has 1 heterocycles. The molecule has 0 aliphatic carbocycles. The van der Waals surface area contributed by atoms with Gasteiger partial charge in [-0.05, 0) is 49.5 Å². The molecule has 1 aromatic carbocycles. The normalized spacial score (nSPS) is 18.0. The highest BCUT2D eigenvalue weighted by molar-refractivity contribution is 5.75. The van der Waals surface area contributed by atoms with Crippen LogP contribution in [0.2, 0.25) is 0 Å². The van der Waals surface area contributed by atoms with Crippen LogP contribution in [0.25, 0.3) is 0 Å². The van der Waals surface area contributed by atoms with Crippen LogP contribution < -0.4 is 15.5 Å². The Balaban J connectivity index is 1.69. The Bertz CT molecular complexity index is 422. The van der Waals surface area contributed by atoms with E-state index < -0.39 is 0 Å². The molecule has 1 amide bonds. The molecule has 0 radical (unpaired) electrons. The van der Waals surface area contributed by atoms with Crippen LogP contribution in [0.3, 0.4) is 0 Å². The molecule has 4 nitrogen and oxygen atoms in total. The molecule has 0 aromatic heterocycles. The maximum absolute atomic E-state index is 11.8. The summed E-state index contributed by atoms with van der Waals surface area (Å²) in [4.78, 5) is 13.9. The monoisotopic (exact) mass is 275 g/mol. The molecule has 0 bridgehead atoms. The Morgan fingerprint density at radius 2 is 2.10 bits per heavy atom. The van der Waals surface area contributed by atoms with Gasteiger partial charge in [-0.1, -0.05) is 12.1 Å². The van der Waals surface area contributed by atoms with Gasteiger partial charge in [0.1, 0.15) is 0 Å². The molecule has 1 fully saturated rings. The van der Waals surface area contributed by atoms with Gasteiger partial charge in [-0.25, -0.2) is 0 Å². The number of rotatable bonds is 6. The predicted molar refractivity (Wildman–Crippen MR) is 82.8 cm³/mol. The Morgan fingerprint density at radius 3 is 2.70 bits per heavy atom. The summed E-state index contributed by atoms with van der Waals surface area (Å²) in [6.45, 7) is 2.79. The van der Waals surface area contributed by atoms with E-state index in [1.165, 1.54) is 12.1 Å². The van der Waals surface area contributed by atoms with E-state index in [1.54, 1.807) is 0 Å². The molecule has 110 valence electrons. The van der Waals surface area contributed by atoms with Crippen LogP contribution >= 0.6 is 0 Å². The molecule has 1 aliphatic rings. The lowest BCUT2D eigenvalue weighted by Gasteiger charge is -2.13. The summed E-state index contributed by atoms with van der Waals surface area (Å²) in [5.74, 6) is 0.841. The predicted octanol–water partition coefficient (Wildman–Crippen LogP) is 1.76. The van der Waals surface area contributed by atoms with Crippen LogP contribution in [0.4, 0.5) is 5.69 Å². The highest BCUT2D eigenvalue weighted by Gasteiger charge is 2.15. The Morgan fingerprint density at radius 1 is 1.35 bits per heavy atom. The summed E-state index contributed by atoms with van der Waals surface area (Å²) in [5.41, 5.74) is 2.32. The maximum Gasteiger partial charge on any atom is 0.220 e. The van der Waals surface area contributed by atoms with Crippen LogP contribution in [0.1, 0.15) is 24.8 Å². The van der Waals surface area contributed by atoms with E-state index in [-0.39, 0.29) is 5.91 Å². The summed E-state index contributed by atoms with van der Waals surface area (Å²) in [6.07, 6.45) is 2.85. The second-order valence-electron chi connectivity index (χ2n) is 5.74. The molecule has 1 atom stereocenters. The van der Waals surface area contributed by atoms with Gasteiger partial charge in [0.15, 0.2) is 0 Å². The van der Waals surface area contributed by atoms with Crippen LogP contribution in [-0.4, -0.2) is 33.1 Å². The average Bonchev–Trinajstić information content (AvgIpc) is 2.96. The largest absolute Gasteiger partial charge is 0.378 e. The fourth-order valence-corrected chi connectivity index (χ4v) is 2.50. The molecule has 1 saturated heterocycles. The number of anilines is 1. The number of nitrogens with zero attached hydrogens (tertiary/aromatic N) is 1. The topological polar surface area (TPSA) is 44.4 Å². The van der Waals surface area contributed by atoms with Crippen molar-refractivity contribution in [2.75, 3.05) is 32.1 Å². The molecule has 0 saturated carbocycles. The zero-order chi connectivity index (χ0) is 14.4. The van der Waals surface area contributed by atoms with Crippen molar-refractivity contribution in [2.45, 2.75) is 25.8 Å². The Hall–Kier alpha value is -1.55. The van der Waals surface area contributed by atoms with Crippen molar-refractivity contribution in [3.05, 3.63) is 29.8 Å². The quantitative estimate of drug-likeness (QED) is 0.831. The van der Waals surface area contributed by atoms with Gasteiger partial charge in [0, 0.05) is 32.7 Å². The minimum Gasteiger partial charge on any atom is -0.378 e. The van der Waals surface area contributed by atoms with Crippen molar-refractivity contribution < 1.29 is 4.79 Å². The van der Waals surface area contributed by atoms with E-state index in [1.807, 2.05) is 14.1 Å². The van der Waals surface area contributed by atoms with E-state index in [4.69, 9.17) is 0 Å². The van der Waals surface area contributed by atoms with Gasteiger partial charge in [0.25, 0.3) is 0 Å². The van der Waals surface area contributed by atoms with Crippen LogP contribution in [0.5, 0.6) is 0 Å². The van der Waals surface area contributed by atoms with Crippen molar-refractivity contribution in [3.63, 3.8) is 0 Å². The van der Waals surface area contributed by atoms with Crippen molar-refractivity contribution in [1.29, 1.82) is 0 Å². The maximum atomic E-state index is 11.8. The zero-order valence-electron chi connectivity index (χ0n) is 12.5. The Kier molecular flexibility index (Phi) is 5.41. The smallest absolute Gasteiger partial charge is 0.220 e. The van der Waals surface area contributed by atoms with Crippen molar-refractivity contribution >= 4 is 11.6 Å². The molecule has 1 aromatic rings. The van der Waals surface area contributed by atoms with Crippen LogP contribution in [-0.2, 0) is 11.3 Å². The summed E-state index contributed by atoms with van der Waals surface area (Å²) in [6, 6.07) is 8.28. The van der Waals surface area contributed by atoms with E-state index >= 15 is 0 Å². The fourth-order valence-electron chi connectivity index (χ4n) is 2.50. The lowest BCUT2D eigenvalue weighted by atomic mass is 10.0. The third-order valence-corrected chi connectivity index (χ3v) is 3.88. The molecule has 4 heteroatoms. The molecule has 1 aliphatic heterocycles. The van der Waals surface area contributed by atoms with Crippen molar-refractivity contribution in [1.82, 2.24) is 10.6 Å². The molecular weight excluding hydrogens is 250 g/mol. The number of carbonyl (C=O) groups is 1. The number of amides is 1. The lowest BCUT2D eigenvalue weighted by Crippen LogP contribution is -2.23. The molecule has 1 unspecified atom stereocenters. The van der Waals surface area contributed by atoms with E-state index in [2.05, 4.69) is 39.8 Å². The molecule has 20 heavy (non-hydrogen) atoms. The molecular formula is C16H25N3O. The minimum absolute atomic E-state index is 0.161. The molecule has 2 rings (SSSR count). The van der Waals surface area contributed by atoms with Gasteiger partial charge in [-0.2, -0.15) is 0 Å². The summed E-state index contributed by atoms with van der Waals surface area (Å²) >= 11 is 0. The van der Waals surface area contributed by atoms with Crippen LogP contribution in [0.15, 0.2) is 24.3 Å². The Labute approximate surface area is 121 Å². The standard InChI is InChI=1S/C16H25N3O/c1-19(2)15-6-3-13(4-7-15)12-18-16(20)8-5-14-9-10-17-11-14/h3-4,6-7,14,17H,5,8-12H2,1-2H3,(H,18,20). The first-order chi connectivity index (χ1) is 9.65. The average molecular weight is 275 g/mol. The molecule has 2 N–H and O–H groups in total. The summed E-state index contributed by atoms with van der Waals surface area (Å²) in [7, 11) is 4.04. The third-order valence-electron chi connectivity index (χ3n) is 3.88. The van der Waals surface area contributed by atoms with E-state index in [9.17, 15) is 4.79 Å². The van der Waals surface area contributed by atoms with Gasteiger partial charge >= 0.3 is 0 Å². The highest BCUT2D eigenvalue weighted by Crippen LogP contribution is 2.14. The van der Waals surface area contributed by atoms with E-state index in [0.717, 1.165) is 25.1 Å². The first kappa shape index (κ1) is 14.9. The number of benzene rings is 1. The van der Waals surface area contributed by atoms with Gasteiger partial charge in [0.05, 0.1) is 0 Å². The number of carbonyl (C=O) groups excluding carboxylic acids is 1. The van der Waals surface area contributed by atoms with Gasteiger partial charge in [0.2, 0.25) is 5.91 Å². The van der Waals surface area contributed by atoms with Gasteiger partial charge in [-0.3, -0.25) is 4.79 Å². The zero-order valence-corrected chi connectivity index (χ0v) is 12.5. The van der Waals surface area contributed by atoms with Crippen LogP contribution in [0, 0.1) is 5.92 Å². The first-order valence-electron chi connectivity index (χ1n) is 7.39. The van der Waals surface area contributed by atoms with E-state index in [0.29, 0.717) is 18.9 Å². The lowest BCUT2D eigenvalue weighted by molar-refractivity contribution is -0.121. The minimum atomic E-state index is 0.161. The SMILES string of the molecule is CN(C)c1ccc(CNC(=O)CCC2CCNC2)cc1. The highest BCUT2D eigenvalue weighted by atomic mass is 16.1. The van der Waals surface area contributed by atoms with Gasteiger partial charge < -0.3 is 15.5 Å². The number of nitrogens with one attached hydrogen (secondary N) is 2. The van der Waals surface area contributed by atoms with Crippen molar-refractivity contribution in [2.24, 2.45) is 5.92 Å². The summed E-state index contributed by atoms with van der Waals surface area (Å²) < 4.78 is 0. The molecule has 0 spiro atoms. The second-order valence-corrected chi connectivity index (χ2v) is 5.74. The first-order valence-corrected chi connectivity index (χ1v) is 7.39. The number of hydrogen-bond acceptors (Lipinski definition) is 3.